The van der Waals surface area contributed by atoms with E-state index >= 15 is 0 Å². The maximum atomic E-state index is 13.1. The second-order valence-electron chi connectivity index (χ2n) is 4.31. The van der Waals surface area contributed by atoms with Gasteiger partial charge in [-0.1, -0.05) is 13.5 Å². The van der Waals surface area contributed by atoms with Crippen molar-refractivity contribution in [2.24, 2.45) is 5.73 Å². The lowest BCUT2D eigenvalue weighted by Crippen LogP contribution is -2.06. The number of hydrogen-bond acceptors (Lipinski definition) is 2. The first-order valence-corrected chi connectivity index (χ1v) is 5.88. The summed E-state index contributed by atoms with van der Waals surface area (Å²) in [5.41, 5.74) is 5.59. The summed E-state index contributed by atoms with van der Waals surface area (Å²) >= 11 is 0. The van der Waals surface area contributed by atoms with Crippen LogP contribution in [0.4, 0.5) is 13.2 Å². The average molecular weight is 269 g/mol. The molecule has 0 saturated carbocycles. The standard InChI is InChI=1S/C14H14F3NO/c1-3-8(2)9-4-10-5-11(7-18)19-13(10)12(6-9)14(15,16)17/h4-6H,2-3,7,18H2,1H3. The fourth-order valence-corrected chi connectivity index (χ4v) is 1.93. The number of allylic oxidation sites excluding steroid dienone is 1. The summed E-state index contributed by atoms with van der Waals surface area (Å²) in [6, 6.07) is 4.27. The van der Waals surface area contributed by atoms with Crippen LogP contribution in [0.2, 0.25) is 0 Å². The molecule has 0 atom stereocenters. The third-order valence-corrected chi connectivity index (χ3v) is 3.01. The van der Waals surface area contributed by atoms with Gasteiger partial charge in [0, 0.05) is 5.39 Å². The van der Waals surface area contributed by atoms with Crippen LogP contribution in [0.15, 0.2) is 29.2 Å². The Kier molecular flexibility index (Phi) is 3.41. The normalized spacial score (nSPS) is 12.1. The van der Waals surface area contributed by atoms with Gasteiger partial charge in [0.2, 0.25) is 0 Å². The zero-order valence-electron chi connectivity index (χ0n) is 10.5. The van der Waals surface area contributed by atoms with Crippen molar-refractivity contribution in [2.45, 2.75) is 26.1 Å². The molecule has 0 spiro atoms. The summed E-state index contributed by atoms with van der Waals surface area (Å²) in [5.74, 6) is 0.333. The third kappa shape index (κ3) is 2.51. The van der Waals surface area contributed by atoms with Gasteiger partial charge < -0.3 is 10.2 Å². The molecule has 2 aromatic rings. The van der Waals surface area contributed by atoms with Crippen LogP contribution < -0.4 is 5.73 Å². The Morgan fingerprint density at radius 1 is 1.32 bits per heavy atom. The van der Waals surface area contributed by atoms with Gasteiger partial charge in [-0.25, -0.2) is 0 Å². The Morgan fingerprint density at radius 3 is 2.53 bits per heavy atom. The maximum absolute atomic E-state index is 13.1. The monoisotopic (exact) mass is 269 g/mol. The molecule has 0 amide bonds. The predicted molar refractivity (Wildman–Crippen MR) is 68.4 cm³/mol. The lowest BCUT2D eigenvalue weighted by atomic mass is 10.00. The summed E-state index contributed by atoms with van der Waals surface area (Å²) in [6.45, 7) is 5.69. The van der Waals surface area contributed by atoms with Crippen LogP contribution in [0.25, 0.3) is 16.5 Å². The molecule has 102 valence electrons. The topological polar surface area (TPSA) is 39.2 Å². The lowest BCUT2D eigenvalue weighted by Gasteiger charge is -2.10. The first kappa shape index (κ1) is 13.7. The van der Waals surface area contributed by atoms with Crippen molar-refractivity contribution in [1.82, 2.24) is 0 Å². The molecular weight excluding hydrogens is 255 g/mol. The molecule has 0 unspecified atom stereocenters. The van der Waals surface area contributed by atoms with Crippen molar-refractivity contribution in [3.05, 3.63) is 41.7 Å². The highest BCUT2D eigenvalue weighted by Gasteiger charge is 2.35. The lowest BCUT2D eigenvalue weighted by molar-refractivity contribution is -0.136. The van der Waals surface area contributed by atoms with E-state index in [4.69, 9.17) is 10.2 Å². The van der Waals surface area contributed by atoms with E-state index < -0.39 is 11.7 Å². The highest BCUT2D eigenvalue weighted by molar-refractivity contribution is 5.86. The van der Waals surface area contributed by atoms with Crippen LogP contribution in [0.1, 0.15) is 30.2 Å². The van der Waals surface area contributed by atoms with Gasteiger partial charge in [-0.05, 0) is 35.8 Å². The van der Waals surface area contributed by atoms with E-state index in [1.807, 2.05) is 6.92 Å². The van der Waals surface area contributed by atoms with Crippen LogP contribution in [0, 0.1) is 0 Å². The van der Waals surface area contributed by atoms with Crippen molar-refractivity contribution in [1.29, 1.82) is 0 Å². The number of hydrogen-bond donors (Lipinski definition) is 1. The van der Waals surface area contributed by atoms with Gasteiger partial charge in [0.15, 0.2) is 0 Å². The maximum Gasteiger partial charge on any atom is 0.420 e. The molecule has 1 heterocycles. The van der Waals surface area contributed by atoms with Crippen LogP contribution in [0.3, 0.4) is 0 Å². The molecule has 2 N–H and O–H groups in total. The second kappa shape index (κ2) is 4.74. The smallest absolute Gasteiger partial charge is 0.420 e. The minimum absolute atomic E-state index is 0.0655. The summed E-state index contributed by atoms with van der Waals surface area (Å²) in [5, 5.41) is 0.403. The molecular formula is C14H14F3NO. The minimum Gasteiger partial charge on any atom is -0.459 e. The minimum atomic E-state index is -4.47. The van der Waals surface area contributed by atoms with Crippen LogP contribution >= 0.6 is 0 Å². The Balaban J connectivity index is 2.74. The van der Waals surface area contributed by atoms with Gasteiger partial charge in [-0.2, -0.15) is 13.2 Å². The molecule has 5 heteroatoms. The Labute approximate surface area is 108 Å². The first-order valence-electron chi connectivity index (χ1n) is 5.88. The van der Waals surface area contributed by atoms with Crippen molar-refractivity contribution in [3.8, 4) is 0 Å². The van der Waals surface area contributed by atoms with Crippen molar-refractivity contribution in [2.75, 3.05) is 0 Å². The van der Waals surface area contributed by atoms with Gasteiger partial charge in [0.25, 0.3) is 0 Å². The summed E-state index contributed by atoms with van der Waals surface area (Å²) in [7, 11) is 0. The quantitative estimate of drug-likeness (QED) is 0.900. The number of benzene rings is 1. The molecule has 0 aliphatic carbocycles. The largest absolute Gasteiger partial charge is 0.459 e. The van der Waals surface area contributed by atoms with Crippen molar-refractivity contribution >= 4 is 16.5 Å². The van der Waals surface area contributed by atoms with Crippen LogP contribution in [0.5, 0.6) is 0 Å². The van der Waals surface area contributed by atoms with Gasteiger partial charge in [0.1, 0.15) is 11.3 Å². The van der Waals surface area contributed by atoms with Gasteiger partial charge >= 0.3 is 6.18 Å². The van der Waals surface area contributed by atoms with Crippen LogP contribution in [-0.4, -0.2) is 0 Å². The molecule has 0 radical (unpaired) electrons. The number of nitrogens with two attached hydrogens (primary N) is 1. The molecule has 1 aromatic carbocycles. The van der Waals surface area contributed by atoms with Gasteiger partial charge in [-0.15, -0.1) is 0 Å². The van der Waals surface area contributed by atoms with Gasteiger partial charge in [-0.3, -0.25) is 0 Å². The SMILES string of the molecule is C=C(CC)c1cc(C(F)(F)F)c2oc(CN)cc2c1. The summed E-state index contributed by atoms with van der Waals surface area (Å²) in [6.07, 6.45) is -3.88. The van der Waals surface area contributed by atoms with E-state index in [0.29, 0.717) is 28.7 Å². The molecule has 19 heavy (non-hydrogen) atoms. The van der Waals surface area contributed by atoms with E-state index in [1.165, 1.54) is 6.07 Å². The predicted octanol–water partition coefficient (Wildman–Crippen LogP) is 4.33. The fourth-order valence-electron chi connectivity index (χ4n) is 1.93. The number of alkyl halides is 3. The number of fused-ring (bicyclic) bond motifs is 1. The molecule has 2 rings (SSSR count). The number of rotatable bonds is 3. The Morgan fingerprint density at radius 2 is 2.00 bits per heavy atom. The molecule has 0 saturated heterocycles. The van der Waals surface area contributed by atoms with E-state index in [1.54, 1.807) is 6.07 Å². The Hall–Kier alpha value is -1.75. The highest BCUT2D eigenvalue weighted by Crippen LogP contribution is 2.38. The fraction of sp³-hybridized carbons (Fsp3) is 0.286. The van der Waals surface area contributed by atoms with Crippen molar-refractivity contribution in [3.63, 3.8) is 0 Å². The molecule has 1 aromatic heterocycles. The highest BCUT2D eigenvalue weighted by atomic mass is 19.4. The van der Waals surface area contributed by atoms with E-state index in [2.05, 4.69) is 6.58 Å². The number of halogens is 3. The van der Waals surface area contributed by atoms with Crippen LogP contribution in [-0.2, 0) is 12.7 Å². The Bertz CT molecular complexity index is 625. The zero-order valence-corrected chi connectivity index (χ0v) is 10.5. The molecule has 0 bridgehead atoms. The first-order chi connectivity index (χ1) is 8.86. The van der Waals surface area contributed by atoms with E-state index in [0.717, 1.165) is 6.07 Å². The third-order valence-electron chi connectivity index (χ3n) is 3.01. The van der Waals surface area contributed by atoms with Gasteiger partial charge in [0.05, 0.1) is 12.1 Å². The molecule has 0 aliphatic heterocycles. The van der Waals surface area contributed by atoms with Crippen molar-refractivity contribution < 1.29 is 17.6 Å². The molecule has 0 aliphatic rings. The molecule has 2 nitrogen and oxygen atoms in total. The summed E-state index contributed by atoms with van der Waals surface area (Å²) in [4.78, 5) is 0. The molecule has 0 fully saturated rings. The average Bonchev–Trinajstić information content (AvgIpc) is 2.77. The summed E-state index contributed by atoms with van der Waals surface area (Å²) < 4.78 is 44.3. The second-order valence-corrected chi connectivity index (χ2v) is 4.31. The van der Waals surface area contributed by atoms with E-state index in [-0.39, 0.29) is 12.1 Å². The zero-order chi connectivity index (χ0) is 14.2. The van der Waals surface area contributed by atoms with E-state index in [9.17, 15) is 13.2 Å². The number of furan rings is 1.